The Morgan fingerprint density at radius 3 is 2.44 bits per heavy atom. The van der Waals surface area contributed by atoms with Gasteiger partial charge in [-0.2, -0.15) is 0 Å². The molecule has 0 saturated heterocycles. The molecule has 1 N–H and O–H groups in total. The van der Waals surface area contributed by atoms with Crippen LogP contribution in [0.1, 0.15) is 22.8 Å². The Hall–Kier alpha value is -3.90. The zero-order chi connectivity index (χ0) is 24.1. The minimum absolute atomic E-state index is 0.0770. The van der Waals surface area contributed by atoms with Crippen LogP contribution in [0.25, 0.3) is 22.1 Å². The summed E-state index contributed by atoms with van der Waals surface area (Å²) in [4.78, 5) is 35.7. The number of benzene rings is 3. The average Bonchev–Trinajstić information content (AvgIpc) is 2.83. The van der Waals surface area contributed by atoms with Crippen molar-refractivity contribution < 1.29 is 18.7 Å². The number of carbonyl (C=O) groups excluding carboxylic acids is 2. The normalized spacial score (nSPS) is 10.8. The summed E-state index contributed by atoms with van der Waals surface area (Å²) in [6.45, 7) is 1.78. The Balaban J connectivity index is 1.49. The number of carbonyl (C=O) groups is 2. The van der Waals surface area contributed by atoms with Crippen LogP contribution >= 0.6 is 11.6 Å². The summed E-state index contributed by atoms with van der Waals surface area (Å²) in [6, 6.07) is 21.2. The summed E-state index contributed by atoms with van der Waals surface area (Å²) in [7, 11) is 0. The smallest absolute Gasteiger partial charge is 0.336 e. The van der Waals surface area contributed by atoms with Gasteiger partial charge in [0.15, 0.2) is 12.4 Å². The molecule has 0 fully saturated rings. The summed E-state index contributed by atoms with van der Waals surface area (Å²) in [6.07, 6.45) is 0.674. The van der Waals surface area contributed by atoms with Gasteiger partial charge in [0.1, 0.15) is 11.3 Å². The van der Waals surface area contributed by atoms with Crippen molar-refractivity contribution in [3.8, 4) is 16.9 Å². The van der Waals surface area contributed by atoms with Gasteiger partial charge < -0.3 is 14.5 Å². The number of fused-ring (bicyclic) bond motifs is 1. The molecule has 34 heavy (non-hydrogen) atoms. The molecular formula is C27H22ClNO5. The molecule has 4 rings (SSSR count). The fourth-order valence-electron chi connectivity index (χ4n) is 3.60. The summed E-state index contributed by atoms with van der Waals surface area (Å²) in [5, 5.41) is 3.71. The van der Waals surface area contributed by atoms with Gasteiger partial charge in [0.05, 0.1) is 5.02 Å². The van der Waals surface area contributed by atoms with Crippen LogP contribution < -0.4 is 15.7 Å². The number of nitrogens with one attached hydrogen (secondary N) is 1. The minimum Gasteiger partial charge on any atom is -0.484 e. The number of amides is 1. The highest BCUT2D eigenvalue weighted by Gasteiger charge is 2.14. The molecule has 7 heteroatoms. The third-order valence-electron chi connectivity index (χ3n) is 5.30. The van der Waals surface area contributed by atoms with Crippen molar-refractivity contribution >= 4 is 34.3 Å². The molecule has 0 saturated carbocycles. The first-order valence-electron chi connectivity index (χ1n) is 10.7. The highest BCUT2D eigenvalue weighted by atomic mass is 35.5. The van der Waals surface area contributed by atoms with E-state index >= 15 is 0 Å². The van der Waals surface area contributed by atoms with Gasteiger partial charge in [0.2, 0.25) is 5.91 Å². The molecule has 3 aromatic carbocycles. The Morgan fingerprint density at radius 1 is 1.00 bits per heavy atom. The van der Waals surface area contributed by atoms with E-state index < -0.39 is 5.63 Å². The van der Waals surface area contributed by atoms with Gasteiger partial charge in [0.25, 0.3) is 0 Å². The third kappa shape index (κ3) is 5.53. The number of hydrogen-bond acceptors (Lipinski definition) is 5. The molecule has 0 aliphatic carbocycles. The lowest BCUT2D eigenvalue weighted by atomic mass is 10.0. The van der Waals surface area contributed by atoms with Crippen LogP contribution in [0.15, 0.2) is 82.0 Å². The molecule has 0 unspecified atom stereocenters. The molecule has 0 atom stereocenters. The molecule has 1 heterocycles. The SMILES string of the molecule is CC(=O)NCCc1ccc(C(=O)COc2cc3oc(=O)cc(-c4ccccc4)c3cc2Cl)cc1. The molecule has 0 aliphatic heterocycles. The van der Waals surface area contributed by atoms with Crippen molar-refractivity contribution in [2.75, 3.05) is 13.2 Å². The molecule has 6 nitrogen and oxygen atoms in total. The second-order valence-electron chi connectivity index (χ2n) is 7.77. The number of rotatable bonds is 8. The number of hydrogen-bond donors (Lipinski definition) is 1. The first-order chi connectivity index (χ1) is 16.4. The lowest BCUT2D eigenvalue weighted by Gasteiger charge is -2.11. The van der Waals surface area contributed by atoms with Crippen LogP contribution in [0.3, 0.4) is 0 Å². The second kappa shape index (κ2) is 10.4. The van der Waals surface area contributed by atoms with Crippen LogP contribution in [-0.4, -0.2) is 24.8 Å². The van der Waals surface area contributed by atoms with Gasteiger partial charge in [-0.1, -0.05) is 66.2 Å². The van der Waals surface area contributed by atoms with E-state index in [9.17, 15) is 14.4 Å². The van der Waals surface area contributed by atoms with Gasteiger partial charge in [-0.15, -0.1) is 0 Å². The first kappa shape index (κ1) is 23.3. The van der Waals surface area contributed by atoms with Gasteiger partial charge in [-0.3, -0.25) is 9.59 Å². The minimum atomic E-state index is -0.491. The fraction of sp³-hybridized carbons (Fsp3) is 0.148. The molecule has 0 bridgehead atoms. The van der Waals surface area contributed by atoms with E-state index in [1.807, 2.05) is 42.5 Å². The largest absolute Gasteiger partial charge is 0.484 e. The molecule has 172 valence electrons. The Morgan fingerprint density at radius 2 is 1.74 bits per heavy atom. The van der Waals surface area contributed by atoms with Gasteiger partial charge >= 0.3 is 5.63 Å². The van der Waals surface area contributed by atoms with E-state index in [-0.39, 0.29) is 24.0 Å². The van der Waals surface area contributed by atoms with E-state index in [0.717, 1.165) is 11.1 Å². The molecule has 0 aliphatic rings. The van der Waals surface area contributed by atoms with E-state index in [2.05, 4.69) is 5.32 Å². The summed E-state index contributed by atoms with van der Waals surface area (Å²) >= 11 is 6.44. The van der Waals surface area contributed by atoms with Crippen molar-refractivity contribution in [3.05, 3.63) is 99.4 Å². The van der Waals surface area contributed by atoms with Crippen LogP contribution in [-0.2, 0) is 11.2 Å². The average molecular weight is 476 g/mol. The summed E-state index contributed by atoms with van der Waals surface area (Å²) in [5.41, 5.74) is 2.90. The maximum absolute atomic E-state index is 12.6. The Bertz CT molecular complexity index is 1390. The van der Waals surface area contributed by atoms with Gasteiger partial charge in [0, 0.05) is 36.6 Å². The standard InChI is InChI=1S/C27H22ClNO5/c1-17(30)29-12-11-18-7-9-20(10-8-18)24(31)16-33-26-15-25-22(13-23(26)28)21(14-27(32)34-25)19-5-3-2-4-6-19/h2-10,13-15H,11-12,16H2,1H3,(H,29,30). The van der Waals surface area contributed by atoms with E-state index in [1.165, 1.54) is 19.1 Å². The van der Waals surface area contributed by atoms with Crippen LogP contribution in [0, 0.1) is 0 Å². The topological polar surface area (TPSA) is 85.6 Å². The van der Waals surface area contributed by atoms with E-state index in [1.54, 1.807) is 18.2 Å². The fourth-order valence-corrected chi connectivity index (χ4v) is 3.82. The van der Waals surface area contributed by atoms with Crippen LogP contribution in [0.5, 0.6) is 5.75 Å². The quantitative estimate of drug-likeness (QED) is 0.284. The molecule has 1 amide bonds. The highest BCUT2D eigenvalue weighted by Crippen LogP contribution is 2.34. The predicted octanol–water partition coefficient (Wildman–Crippen LogP) is 5.05. The van der Waals surface area contributed by atoms with Crippen LogP contribution in [0.2, 0.25) is 5.02 Å². The van der Waals surface area contributed by atoms with Crippen molar-refractivity contribution in [2.24, 2.45) is 0 Å². The van der Waals surface area contributed by atoms with Crippen molar-refractivity contribution in [1.29, 1.82) is 0 Å². The predicted molar refractivity (Wildman–Crippen MR) is 132 cm³/mol. The van der Waals surface area contributed by atoms with Gasteiger partial charge in [-0.25, -0.2) is 4.79 Å². The van der Waals surface area contributed by atoms with Crippen molar-refractivity contribution in [2.45, 2.75) is 13.3 Å². The number of ketones is 1. The third-order valence-corrected chi connectivity index (χ3v) is 5.60. The second-order valence-corrected chi connectivity index (χ2v) is 8.17. The van der Waals surface area contributed by atoms with E-state index in [0.29, 0.717) is 40.1 Å². The zero-order valence-electron chi connectivity index (χ0n) is 18.5. The zero-order valence-corrected chi connectivity index (χ0v) is 19.2. The number of halogens is 1. The van der Waals surface area contributed by atoms with Crippen molar-refractivity contribution in [1.82, 2.24) is 5.32 Å². The lowest BCUT2D eigenvalue weighted by molar-refractivity contribution is -0.118. The summed E-state index contributed by atoms with van der Waals surface area (Å²) < 4.78 is 11.0. The van der Waals surface area contributed by atoms with Gasteiger partial charge in [-0.05, 0) is 29.2 Å². The van der Waals surface area contributed by atoms with E-state index in [4.69, 9.17) is 20.8 Å². The molecule has 1 aromatic heterocycles. The maximum Gasteiger partial charge on any atom is 0.336 e. The Labute approximate surface area is 201 Å². The molecule has 0 spiro atoms. The molecule has 0 radical (unpaired) electrons. The number of Topliss-reactive ketones (excluding diaryl/α,β-unsaturated/α-hetero) is 1. The molecule has 4 aromatic rings. The van der Waals surface area contributed by atoms with Crippen molar-refractivity contribution in [3.63, 3.8) is 0 Å². The molecular weight excluding hydrogens is 454 g/mol. The highest BCUT2D eigenvalue weighted by molar-refractivity contribution is 6.33. The van der Waals surface area contributed by atoms with Crippen LogP contribution in [0.4, 0.5) is 0 Å². The summed E-state index contributed by atoms with van der Waals surface area (Å²) in [5.74, 6) is -0.0428. The number of ether oxygens (including phenoxy) is 1. The monoisotopic (exact) mass is 475 g/mol. The first-order valence-corrected chi connectivity index (χ1v) is 11.1. The Kier molecular flexibility index (Phi) is 7.09. The maximum atomic E-state index is 12.6. The lowest BCUT2D eigenvalue weighted by Crippen LogP contribution is -2.22.